The summed E-state index contributed by atoms with van der Waals surface area (Å²) in [6.07, 6.45) is 2.22. The number of amides is 1. The van der Waals surface area contributed by atoms with Crippen molar-refractivity contribution < 1.29 is 4.79 Å². The van der Waals surface area contributed by atoms with E-state index in [0.717, 1.165) is 53.2 Å². The fourth-order valence-electron chi connectivity index (χ4n) is 3.10. The predicted octanol–water partition coefficient (Wildman–Crippen LogP) is 4.51. The number of halogens is 2. The van der Waals surface area contributed by atoms with E-state index in [4.69, 9.17) is 11.6 Å². The summed E-state index contributed by atoms with van der Waals surface area (Å²) in [4.78, 5) is 13.3. The lowest BCUT2D eigenvalue weighted by Crippen LogP contribution is -2.43. The van der Waals surface area contributed by atoms with E-state index in [1.807, 2.05) is 36.4 Å². The minimum Gasteiger partial charge on any atom is -0.355 e. The number of hydrogen-bond acceptors (Lipinski definition) is 3. The maximum Gasteiger partial charge on any atom is 0.230 e. The van der Waals surface area contributed by atoms with E-state index in [0.29, 0.717) is 5.75 Å². The second-order valence-corrected chi connectivity index (χ2v) is 8.14. The molecule has 136 valence electrons. The van der Waals surface area contributed by atoms with E-state index in [1.165, 1.54) is 0 Å². The molecule has 1 saturated heterocycles. The molecule has 2 aromatic carbocycles. The van der Waals surface area contributed by atoms with Crippen LogP contribution in [0.5, 0.6) is 0 Å². The Morgan fingerprint density at radius 3 is 2.64 bits per heavy atom. The van der Waals surface area contributed by atoms with Crippen LogP contribution >= 0.6 is 35.8 Å². The molecule has 3 rings (SSSR count). The Morgan fingerprint density at radius 1 is 1.24 bits per heavy atom. The SMILES string of the molecule is CC1(CNC(=O)CSc2cccc3cccc(Cl)c23)CCNCC1.Cl. The molecule has 0 aromatic heterocycles. The van der Waals surface area contributed by atoms with Crippen LogP contribution in [0.4, 0.5) is 0 Å². The Hall–Kier alpha value is -0.940. The topological polar surface area (TPSA) is 41.1 Å². The van der Waals surface area contributed by atoms with Crippen molar-refractivity contribution in [2.75, 3.05) is 25.4 Å². The molecular formula is C19H24Cl2N2OS. The van der Waals surface area contributed by atoms with Gasteiger partial charge in [0.1, 0.15) is 0 Å². The maximum atomic E-state index is 12.2. The second-order valence-electron chi connectivity index (χ2n) is 6.72. The number of nitrogens with one attached hydrogen (secondary N) is 2. The van der Waals surface area contributed by atoms with Gasteiger partial charge in [-0.25, -0.2) is 0 Å². The molecule has 0 unspecified atom stereocenters. The van der Waals surface area contributed by atoms with Gasteiger partial charge in [0, 0.05) is 21.8 Å². The highest BCUT2D eigenvalue weighted by Gasteiger charge is 2.26. The highest BCUT2D eigenvalue weighted by atomic mass is 35.5. The van der Waals surface area contributed by atoms with Gasteiger partial charge in [-0.1, -0.05) is 42.8 Å². The van der Waals surface area contributed by atoms with E-state index < -0.39 is 0 Å². The second kappa shape index (κ2) is 9.13. The largest absolute Gasteiger partial charge is 0.355 e. The van der Waals surface area contributed by atoms with Crippen molar-refractivity contribution in [3.05, 3.63) is 41.4 Å². The zero-order chi connectivity index (χ0) is 17.0. The first-order chi connectivity index (χ1) is 11.6. The minimum absolute atomic E-state index is 0. The molecule has 2 aromatic rings. The third kappa shape index (κ3) is 5.27. The fourth-order valence-corrected chi connectivity index (χ4v) is 4.37. The number of carbonyl (C=O) groups is 1. The first kappa shape index (κ1) is 20.4. The quantitative estimate of drug-likeness (QED) is 0.727. The van der Waals surface area contributed by atoms with Crippen LogP contribution < -0.4 is 10.6 Å². The average Bonchev–Trinajstić information content (AvgIpc) is 2.59. The van der Waals surface area contributed by atoms with Gasteiger partial charge in [-0.05, 0) is 48.9 Å². The number of thioether (sulfide) groups is 1. The first-order valence-electron chi connectivity index (χ1n) is 8.35. The first-order valence-corrected chi connectivity index (χ1v) is 9.71. The molecule has 0 atom stereocenters. The van der Waals surface area contributed by atoms with E-state index in [9.17, 15) is 4.79 Å². The molecule has 1 fully saturated rings. The average molecular weight is 399 g/mol. The van der Waals surface area contributed by atoms with Crippen LogP contribution in [0.2, 0.25) is 5.02 Å². The Kier molecular flexibility index (Phi) is 7.44. The van der Waals surface area contributed by atoms with Crippen molar-refractivity contribution in [2.24, 2.45) is 5.41 Å². The summed E-state index contributed by atoms with van der Waals surface area (Å²) in [5.74, 6) is 0.502. The van der Waals surface area contributed by atoms with Crippen molar-refractivity contribution in [2.45, 2.75) is 24.7 Å². The number of fused-ring (bicyclic) bond motifs is 1. The highest BCUT2D eigenvalue weighted by Crippen LogP contribution is 2.33. The molecule has 1 aliphatic heterocycles. The van der Waals surface area contributed by atoms with E-state index in [1.54, 1.807) is 11.8 Å². The normalized spacial score (nSPS) is 16.2. The van der Waals surface area contributed by atoms with Gasteiger partial charge >= 0.3 is 0 Å². The molecule has 2 N–H and O–H groups in total. The lowest BCUT2D eigenvalue weighted by molar-refractivity contribution is -0.119. The number of carbonyl (C=O) groups excluding carboxylic acids is 1. The van der Waals surface area contributed by atoms with E-state index in [-0.39, 0.29) is 23.7 Å². The Morgan fingerprint density at radius 2 is 1.92 bits per heavy atom. The summed E-state index contributed by atoms with van der Waals surface area (Å²) in [5, 5.41) is 9.35. The van der Waals surface area contributed by atoms with Gasteiger partial charge in [0.15, 0.2) is 0 Å². The van der Waals surface area contributed by atoms with E-state index in [2.05, 4.69) is 17.6 Å². The summed E-state index contributed by atoms with van der Waals surface area (Å²) in [6.45, 7) is 5.08. The summed E-state index contributed by atoms with van der Waals surface area (Å²) >= 11 is 7.89. The summed E-state index contributed by atoms with van der Waals surface area (Å²) in [5.41, 5.74) is 0.217. The molecule has 0 bridgehead atoms. The number of benzene rings is 2. The standard InChI is InChI=1S/C19H23ClN2OS.ClH/c1-19(8-10-21-11-9-19)13-22-17(23)12-24-16-7-3-5-14-4-2-6-15(20)18(14)16;/h2-7,21H,8-13H2,1H3,(H,22,23);1H. The minimum atomic E-state index is 0. The molecule has 6 heteroatoms. The Balaban J connectivity index is 0.00000225. The van der Waals surface area contributed by atoms with Gasteiger partial charge in [-0.3, -0.25) is 4.79 Å². The predicted molar refractivity (Wildman–Crippen MR) is 110 cm³/mol. The van der Waals surface area contributed by atoms with Crippen LogP contribution in [-0.4, -0.2) is 31.3 Å². The van der Waals surface area contributed by atoms with Crippen molar-refractivity contribution in [3.8, 4) is 0 Å². The third-order valence-corrected chi connectivity index (χ3v) is 6.07. The van der Waals surface area contributed by atoms with Crippen LogP contribution in [0, 0.1) is 5.41 Å². The monoisotopic (exact) mass is 398 g/mol. The molecule has 1 amide bonds. The Labute approximate surface area is 164 Å². The van der Waals surface area contributed by atoms with Gasteiger partial charge in [0.25, 0.3) is 0 Å². The molecular weight excluding hydrogens is 375 g/mol. The third-order valence-electron chi connectivity index (χ3n) is 4.70. The molecule has 0 aliphatic carbocycles. The summed E-state index contributed by atoms with van der Waals surface area (Å²) in [6, 6.07) is 12.0. The van der Waals surface area contributed by atoms with Crippen molar-refractivity contribution >= 4 is 52.4 Å². The molecule has 3 nitrogen and oxygen atoms in total. The van der Waals surface area contributed by atoms with Gasteiger partial charge in [-0.2, -0.15) is 0 Å². The summed E-state index contributed by atoms with van der Waals surface area (Å²) < 4.78 is 0. The molecule has 25 heavy (non-hydrogen) atoms. The fraction of sp³-hybridized carbons (Fsp3) is 0.421. The van der Waals surface area contributed by atoms with Crippen LogP contribution in [0.25, 0.3) is 10.8 Å². The van der Waals surface area contributed by atoms with Crippen molar-refractivity contribution in [1.29, 1.82) is 0 Å². The molecule has 1 aliphatic rings. The maximum absolute atomic E-state index is 12.2. The zero-order valence-corrected chi connectivity index (χ0v) is 16.7. The van der Waals surface area contributed by atoms with Crippen LogP contribution in [0.15, 0.2) is 41.3 Å². The van der Waals surface area contributed by atoms with Gasteiger partial charge < -0.3 is 10.6 Å². The molecule has 0 spiro atoms. The smallest absolute Gasteiger partial charge is 0.230 e. The van der Waals surface area contributed by atoms with Crippen LogP contribution in [0.3, 0.4) is 0 Å². The van der Waals surface area contributed by atoms with E-state index >= 15 is 0 Å². The van der Waals surface area contributed by atoms with Crippen LogP contribution in [-0.2, 0) is 4.79 Å². The molecule has 0 saturated carbocycles. The molecule has 1 heterocycles. The number of rotatable bonds is 5. The van der Waals surface area contributed by atoms with Gasteiger partial charge in [0.05, 0.1) is 5.75 Å². The molecule has 0 radical (unpaired) electrons. The lowest BCUT2D eigenvalue weighted by atomic mass is 9.81. The zero-order valence-electron chi connectivity index (χ0n) is 14.3. The highest BCUT2D eigenvalue weighted by molar-refractivity contribution is 8.00. The Bertz CT molecular complexity index is 727. The van der Waals surface area contributed by atoms with Gasteiger partial charge in [0.2, 0.25) is 5.91 Å². The number of hydrogen-bond donors (Lipinski definition) is 2. The van der Waals surface area contributed by atoms with Crippen molar-refractivity contribution in [3.63, 3.8) is 0 Å². The van der Waals surface area contributed by atoms with Gasteiger partial charge in [-0.15, -0.1) is 24.2 Å². The lowest BCUT2D eigenvalue weighted by Gasteiger charge is -2.34. The van der Waals surface area contributed by atoms with Crippen molar-refractivity contribution in [1.82, 2.24) is 10.6 Å². The summed E-state index contributed by atoms with van der Waals surface area (Å²) in [7, 11) is 0. The number of piperidine rings is 1. The van der Waals surface area contributed by atoms with Crippen LogP contribution in [0.1, 0.15) is 19.8 Å².